The lowest BCUT2D eigenvalue weighted by Gasteiger charge is -2.17. The summed E-state index contributed by atoms with van der Waals surface area (Å²) in [5.74, 6) is -0.136. The number of carbonyl (C=O) groups excluding carboxylic acids is 1. The number of carbonyl (C=O) groups is 2. The van der Waals surface area contributed by atoms with Crippen molar-refractivity contribution in [3.63, 3.8) is 0 Å². The minimum Gasteiger partial charge on any atom is -0.493 e. The van der Waals surface area contributed by atoms with Gasteiger partial charge in [-0.3, -0.25) is 9.59 Å². The Labute approximate surface area is 147 Å². The summed E-state index contributed by atoms with van der Waals surface area (Å²) in [4.78, 5) is 23.5. The molecule has 0 aliphatic heterocycles. The zero-order chi connectivity index (χ0) is 17.8. The molecule has 0 saturated heterocycles. The van der Waals surface area contributed by atoms with Crippen LogP contribution in [0, 0.1) is 5.92 Å². The summed E-state index contributed by atoms with van der Waals surface area (Å²) >= 11 is 0. The molecule has 25 heavy (non-hydrogen) atoms. The van der Waals surface area contributed by atoms with Crippen molar-refractivity contribution in [3.8, 4) is 11.5 Å². The van der Waals surface area contributed by atoms with E-state index in [1.54, 1.807) is 25.3 Å². The van der Waals surface area contributed by atoms with Crippen LogP contribution in [0.5, 0.6) is 11.5 Å². The lowest BCUT2D eigenvalue weighted by atomic mass is 10.1. The van der Waals surface area contributed by atoms with Gasteiger partial charge < -0.3 is 19.9 Å². The summed E-state index contributed by atoms with van der Waals surface area (Å²) in [6.07, 6.45) is 6.50. The van der Waals surface area contributed by atoms with Gasteiger partial charge in [0, 0.05) is 11.6 Å². The van der Waals surface area contributed by atoms with Crippen molar-refractivity contribution in [2.75, 3.05) is 7.11 Å². The molecule has 6 nitrogen and oxygen atoms in total. The van der Waals surface area contributed by atoms with E-state index in [0.717, 1.165) is 12.8 Å². The van der Waals surface area contributed by atoms with Gasteiger partial charge in [0.15, 0.2) is 11.5 Å². The van der Waals surface area contributed by atoms with Gasteiger partial charge in [0.05, 0.1) is 19.1 Å². The van der Waals surface area contributed by atoms with Gasteiger partial charge in [0.2, 0.25) is 0 Å². The third-order valence-electron chi connectivity index (χ3n) is 5.14. The molecule has 136 valence electrons. The number of hydrogen-bond acceptors (Lipinski definition) is 4. The van der Waals surface area contributed by atoms with Gasteiger partial charge in [-0.2, -0.15) is 0 Å². The molecule has 0 bridgehead atoms. The molecular formula is C19H25NO5. The van der Waals surface area contributed by atoms with Crippen LogP contribution < -0.4 is 14.8 Å². The second-order valence-electron chi connectivity index (χ2n) is 6.91. The fourth-order valence-corrected chi connectivity index (χ4v) is 3.70. The molecule has 1 amide bonds. The Morgan fingerprint density at radius 2 is 1.88 bits per heavy atom. The Hall–Kier alpha value is -2.24. The van der Waals surface area contributed by atoms with Crippen LogP contribution in [-0.2, 0) is 4.79 Å². The fourth-order valence-electron chi connectivity index (χ4n) is 3.70. The fraction of sp³-hybridized carbons (Fsp3) is 0.579. The first-order valence-corrected chi connectivity index (χ1v) is 8.95. The zero-order valence-corrected chi connectivity index (χ0v) is 14.5. The molecule has 2 fully saturated rings. The predicted octanol–water partition coefficient (Wildman–Crippen LogP) is 3.00. The molecule has 0 unspecified atom stereocenters. The maximum absolute atomic E-state index is 12.4. The van der Waals surface area contributed by atoms with E-state index in [4.69, 9.17) is 14.6 Å². The van der Waals surface area contributed by atoms with Crippen LogP contribution in [-0.4, -0.2) is 36.2 Å². The molecule has 2 N–H and O–H groups in total. The molecule has 1 aromatic carbocycles. The third-order valence-corrected chi connectivity index (χ3v) is 5.14. The summed E-state index contributed by atoms with van der Waals surface area (Å²) in [7, 11) is 1.56. The molecule has 1 aromatic rings. The Morgan fingerprint density at radius 3 is 2.52 bits per heavy atom. The van der Waals surface area contributed by atoms with Gasteiger partial charge in [0.25, 0.3) is 5.91 Å². The normalized spacial score (nSPS) is 23.4. The number of rotatable bonds is 6. The van der Waals surface area contributed by atoms with Gasteiger partial charge in [-0.05, 0) is 63.1 Å². The van der Waals surface area contributed by atoms with Crippen molar-refractivity contribution in [1.82, 2.24) is 5.32 Å². The first kappa shape index (κ1) is 17.6. The van der Waals surface area contributed by atoms with Crippen LogP contribution in [0.25, 0.3) is 0 Å². The standard InChI is InChI=1S/C19H25NO5/c1-24-17-11-12(7-9-16(17)25-15-4-2-3-5-15)18(21)20-14-8-6-13(10-14)19(22)23/h7,9,11,13-15H,2-6,8,10H2,1H3,(H,20,21)(H,22,23)/t13-,14+/m0/s1. The molecule has 2 saturated carbocycles. The molecule has 0 aromatic heterocycles. The van der Waals surface area contributed by atoms with Crippen molar-refractivity contribution in [2.24, 2.45) is 5.92 Å². The number of hydrogen-bond donors (Lipinski definition) is 2. The summed E-state index contributed by atoms with van der Waals surface area (Å²) in [5, 5.41) is 12.0. The first-order valence-electron chi connectivity index (χ1n) is 8.95. The highest BCUT2D eigenvalue weighted by molar-refractivity contribution is 5.95. The molecule has 3 rings (SSSR count). The Morgan fingerprint density at radius 1 is 1.12 bits per heavy atom. The van der Waals surface area contributed by atoms with E-state index in [-0.39, 0.29) is 24.0 Å². The number of ether oxygens (including phenoxy) is 2. The van der Waals surface area contributed by atoms with Gasteiger partial charge in [-0.25, -0.2) is 0 Å². The number of carboxylic acid groups (broad SMARTS) is 1. The van der Waals surface area contributed by atoms with Crippen molar-refractivity contribution < 1.29 is 24.2 Å². The number of carboxylic acids is 1. The Bertz CT molecular complexity index is 639. The number of amides is 1. The maximum atomic E-state index is 12.4. The first-order chi connectivity index (χ1) is 12.1. The number of methoxy groups -OCH3 is 1. The van der Waals surface area contributed by atoms with Crippen molar-refractivity contribution in [1.29, 1.82) is 0 Å². The zero-order valence-electron chi connectivity index (χ0n) is 14.5. The molecule has 0 radical (unpaired) electrons. The van der Waals surface area contributed by atoms with E-state index in [2.05, 4.69) is 5.32 Å². The van der Waals surface area contributed by atoms with Crippen LogP contribution in [0.1, 0.15) is 55.3 Å². The topological polar surface area (TPSA) is 84.9 Å². The number of nitrogens with one attached hydrogen (secondary N) is 1. The molecule has 6 heteroatoms. The van der Waals surface area contributed by atoms with Crippen molar-refractivity contribution >= 4 is 11.9 Å². The molecule has 0 spiro atoms. The van der Waals surface area contributed by atoms with Gasteiger partial charge in [0.1, 0.15) is 0 Å². The van der Waals surface area contributed by atoms with Gasteiger partial charge in [-0.1, -0.05) is 0 Å². The highest BCUT2D eigenvalue weighted by atomic mass is 16.5. The average Bonchev–Trinajstić information content (AvgIpc) is 3.27. The predicted molar refractivity (Wildman–Crippen MR) is 92.1 cm³/mol. The number of aliphatic carboxylic acids is 1. The van der Waals surface area contributed by atoms with Crippen LogP contribution >= 0.6 is 0 Å². The van der Waals surface area contributed by atoms with E-state index in [0.29, 0.717) is 36.3 Å². The largest absolute Gasteiger partial charge is 0.493 e. The maximum Gasteiger partial charge on any atom is 0.306 e. The van der Waals surface area contributed by atoms with Crippen LogP contribution in [0.15, 0.2) is 18.2 Å². The van der Waals surface area contributed by atoms with Crippen molar-refractivity contribution in [2.45, 2.75) is 57.1 Å². The number of benzene rings is 1. The Balaban J connectivity index is 1.63. The smallest absolute Gasteiger partial charge is 0.306 e. The Kier molecular flexibility index (Phi) is 5.46. The second kappa shape index (κ2) is 7.76. The third kappa shape index (κ3) is 4.24. The highest BCUT2D eigenvalue weighted by Crippen LogP contribution is 2.32. The van der Waals surface area contributed by atoms with Crippen LogP contribution in [0.3, 0.4) is 0 Å². The quantitative estimate of drug-likeness (QED) is 0.826. The second-order valence-corrected chi connectivity index (χ2v) is 6.91. The van der Waals surface area contributed by atoms with Gasteiger partial charge in [-0.15, -0.1) is 0 Å². The summed E-state index contributed by atoms with van der Waals surface area (Å²) in [6.45, 7) is 0. The summed E-state index contributed by atoms with van der Waals surface area (Å²) in [6, 6.07) is 5.10. The SMILES string of the molecule is COc1cc(C(=O)N[C@@H]2CC[C@H](C(=O)O)C2)ccc1OC1CCCC1. The van der Waals surface area contributed by atoms with Gasteiger partial charge >= 0.3 is 5.97 Å². The average molecular weight is 347 g/mol. The molecule has 2 atom stereocenters. The molecular weight excluding hydrogens is 322 g/mol. The minimum absolute atomic E-state index is 0.0889. The summed E-state index contributed by atoms with van der Waals surface area (Å²) in [5.41, 5.74) is 0.495. The van der Waals surface area contributed by atoms with Crippen LogP contribution in [0.4, 0.5) is 0 Å². The van der Waals surface area contributed by atoms with Crippen LogP contribution in [0.2, 0.25) is 0 Å². The highest BCUT2D eigenvalue weighted by Gasteiger charge is 2.30. The molecule has 2 aliphatic rings. The lowest BCUT2D eigenvalue weighted by Crippen LogP contribution is -2.33. The molecule has 0 heterocycles. The van der Waals surface area contributed by atoms with Crippen molar-refractivity contribution in [3.05, 3.63) is 23.8 Å². The van der Waals surface area contributed by atoms with E-state index in [1.807, 2.05) is 0 Å². The summed E-state index contributed by atoms with van der Waals surface area (Å²) < 4.78 is 11.4. The van der Waals surface area contributed by atoms with E-state index in [9.17, 15) is 9.59 Å². The monoisotopic (exact) mass is 347 g/mol. The van der Waals surface area contributed by atoms with E-state index < -0.39 is 5.97 Å². The van der Waals surface area contributed by atoms with E-state index in [1.165, 1.54) is 12.8 Å². The lowest BCUT2D eigenvalue weighted by molar-refractivity contribution is -0.141. The minimum atomic E-state index is -0.785. The molecule has 2 aliphatic carbocycles. The van der Waals surface area contributed by atoms with E-state index >= 15 is 0 Å².